The van der Waals surface area contributed by atoms with Crippen molar-refractivity contribution in [3.8, 4) is 0 Å². The van der Waals surface area contributed by atoms with Crippen molar-refractivity contribution in [1.29, 1.82) is 0 Å². The summed E-state index contributed by atoms with van der Waals surface area (Å²) in [6.45, 7) is 1.29. The molecule has 18 heavy (non-hydrogen) atoms. The van der Waals surface area contributed by atoms with Crippen LogP contribution in [0.25, 0.3) is 5.65 Å². The van der Waals surface area contributed by atoms with Crippen LogP contribution in [0.1, 0.15) is 23.3 Å². The number of hydrogen-bond acceptors (Lipinski definition) is 5. The number of Topliss-reactive ketones (excluding diaryl/α,β-unsaturated/α-hetero) is 1. The largest absolute Gasteiger partial charge is 0.381 e. The highest BCUT2D eigenvalue weighted by molar-refractivity contribution is 5.96. The van der Waals surface area contributed by atoms with Gasteiger partial charge >= 0.3 is 0 Å². The highest BCUT2D eigenvalue weighted by Crippen LogP contribution is 2.20. The van der Waals surface area contributed by atoms with Gasteiger partial charge in [0, 0.05) is 19.1 Å². The van der Waals surface area contributed by atoms with Crippen molar-refractivity contribution in [2.24, 2.45) is 5.92 Å². The molecule has 0 aliphatic carbocycles. The van der Waals surface area contributed by atoms with E-state index in [2.05, 4.69) is 10.1 Å². The van der Waals surface area contributed by atoms with E-state index in [-0.39, 0.29) is 17.6 Å². The molecule has 94 valence electrons. The number of pyridine rings is 1. The molecule has 3 rings (SSSR count). The SMILES string of the molecule is Nc1nc2cccc(C(=O)C3CCOCC3)n2n1. The average Bonchev–Trinajstić information content (AvgIpc) is 2.79. The molecule has 0 amide bonds. The zero-order valence-electron chi connectivity index (χ0n) is 9.87. The number of carbonyl (C=O) groups is 1. The van der Waals surface area contributed by atoms with E-state index in [4.69, 9.17) is 10.5 Å². The molecule has 0 aromatic carbocycles. The summed E-state index contributed by atoms with van der Waals surface area (Å²) in [4.78, 5) is 16.5. The molecule has 1 saturated heterocycles. The molecular weight excluding hydrogens is 232 g/mol. The lowest BCUT2D eigenvalue weighted by Crippen LogP contribution is -2.25. The van der Waals surface area contributed by atoms with Crippen LogP contribution in [-0.4, -0.2) is 33.6 Å². The van der Waals surface area contributed by atoms with Gasteiger partial charge in [0.25, 0.3) is 0 Å². The van der Waals surface area contributed by atoms with E-state index in [0.717, 1.165) is 12.8 Å². The fourth-order valence-corrected chi connectivity index (χ4v) is 2.28. The smallest absolute Gasteiger partial charge is 0.240 e. The van der Waals surface area contributed by atoms with Gasteiger partial charge in [-0.15, -0.1) is 5.10 Å². The molecule has 6 nitrogen and oxygen atoms in total. The summed E-state index contributed by atoms with van der Waals surface area (Å²) in [5.74, 6) is 0.283. The molecule has 0 bridgehead atoms. The zero-order valence-corrected chi connectivity index (χ0v) is 9.87. The monoisotopic (exact) mass is 246 g/mol. The number of ether oxygens (including phenoxy) is 1. The van der Waals surface area contributed by atoms with E-state index in [1.165, 1.54) is 4.52 Å². The predicted molar refractivity (Wildman–Crippen MR) is 65.3 cm³/mol. The Morgan fingerprint density at radius 1 is 1.39 bits per heavy atom. The first kappa shape index (κ1) is 11.2. The van der Waals surface area contributed by atoms with Gasteiger partial charge in [-0.2, -0.15) is 4.98 Å². The Morgan fingerprint density at radius 2 is 2.17 bits per heavy atom. The van der Waals surface area contributed by atoms with Crippen molar-refractivity contribution >= 4 is 17.4 Å². The highest BCUT2D eigenvalue weighted by Gasteiger charge is 2.25. The molecule has 0 spiro atoms. The second-order valence-electron chi connectivity index (χ2n) is 4.40. The van der Waals surface area contributed by atoms with Crippen LogP contribution in [0, 0.1) is 5.92 Å². The van der Waals surface area contributed by atoms with Crippen LogP contribution in [0.4, 0.5) is 5.95 Å². The lowest BCUT2D eigenvalue weighted by atomic mass is 9.93. The molecule has 1 fully saturated rings. The topological polar surface area (TPSA) is 82.5 Å². The van der Waals surface area contributed by atoms with Gasteiger partial charge in [-0.05, 0) is 25.0 Å². The minimum atomic E-state index is 0.00905. The zero-order chi connectivity index (χ0) is 12.5. The van der Waals surface area contributed by atoms with Crippen molar-refractivity contribution in [3.63, 3.8) is 0 Å². The van der Waals surface area contributed by atoms with E-state index in [1.807, 2.05) is 0 Å². The van der Waals surface area contributed by atoms with Crippen LogP contribution in [0.2, 0.25) is 0 Å². The van der Waals surface area contributed by atoms with Crippen LogP contribution in [0.5, 0.6) is 0 Å². The molecule has 0 radical (unpaired) electrons. The van der Waals surface area contributed by atoms with Crippen LogP contribution < -0.4 is 5.73 Å². The molecule has 0 atom stereocenters. The Hall–Kier alpha value is -1.95. The molecule has 3 heterocycles. The maximum absolute atomic E-state index is 12.4. The number of carbonyl (C=O) groups excluding carboxylic acids is 1. The Balaban J connectivity index is 2.00. The van der Waals surface area contributed by atoms with Gasteiger partial charge < -0.3 is 10.5 Å². The molecular formula is C12H14N4O2. The maximum atomic E-state index is 12.4. The fraction of sp³-hybridized carbons (Fsp3) is 0.417. The lowest BCUT2D eigenvalue weighted by molar-refractivity contribution is 0.0540. The lowest BCUT2D eigenvalue weighted by Gasteiger charge is -2.20. The van der Waals surface area contributed by atoms with E-state index < -0.39 is 0 Å². The number of ketones is 1. The fourth-order valence-electron chi connectivity index (χ4n) is 2.28. The van der Waals surface area contributed by atoms with Crippen LogP contribution in [0.3, 0.4) is 0 Å². The summed E-state index contributed by atoms with van der Waals surface area (Å²) in [5, 5.41) is 4.06. The van der Waals surface area contributed by atoms with Gasteiger partial charge in [-0.25, -0.2) is 4.52 Å². The molecule has 2 aromatic heterocycles. The minimum Gasteiger partial charge on any atom is -0.381 e. The summed E-state index contributed by atoms with van der Waals surface area (Å²) < 4.78 is 6.79. The summed E-state index contributed by atoms with van der Waals surface area (Å²) in [6, 6.07) is 5.35. The molecule has 2 N–H and O–H groups in total. The van der Waals surface area contributed by atoms with Crippen molar-refractivity contribution in [3.05, 3.63) is 23.9 Å². The summed E-state index contributed by atoms with van der Waals surface area (Å²) in [7, 11) is 0. The normalized spacial score (nSPS) is 17.1. The molecule has 1 aliphatic rings. The van der Waals surface area contributed by atoms with Gasteiger partial charge in [-0.1, -0.05) is 6.07 Å². The third-order valence-electron chi connectivity index (χ3n) is 3.22. The van der Waals surface area contributed by atoms with Crippen LogP contribution >= 0.6 is 0 Å². The molecule has 2 aromatic rings. The average molecular weight is 246 g/mol. The number of rotatable bonds is 2. The van der Waals surface area contributed by atoms with Crippen molar-refractivity contribution in [1.82, 2.24) is 14.6 Å². The molecule has 1 aliphatic heterocycles. The summed E-state index contributed by atoms with van der Waals surface area (Å²) in [6.07, 6.45) is 1.53. The number of aromatic nitrogens is 3. The minimum absolute atomic E-state index is 0.00905. The molecule has 6 heteroatoms. The number of hydrogen-bond donors (Lipinski definition) is 1. The molecule has 0 saturated carbocycles. The van der Waals surface area contributed by atoms with Gasteiger partial charge in [-0.3, -0.25) is 4.79 Å². The first-order valence-corrected chi connectivity index (χ1v) is 5.99. The van der Waals surface area contributed by atoms with Crippen molar-refractivity contribution < 1.29 is 9.53 Å². The molecule has 0 unspecified atom stereocenters. The van der Waals surface area contributed by atoms with Crippen molar-refractivity contribution in [2.45, 2.75) is 12.8 Å². The first-order valence-electron chi connectivity index (χ1n) is 5.99. The van der Waals surface area contributed by atoms with Gasteiger partial charge in [0.2, 0.25) is 5.95 Å². The Kier molecular flexibility index (Phi) is 2.71. The highest BCUT2D eigenvalue weighted by atomic mass is 16.5. The van der Waals surface area contributed by atoms with E-state index in [9.17, 15) is 4.79 Å². The number of nitrogens with two attached hydrogens (primary N) is 1. The first-order chi connectivity index (χ1) is 8.75. The predicted octanol–water partition coefficient (Wildman–Crippen LogP) is 0.921. The van der Waals surface area contributed by atoms with Crippen LogP contribution in [-0.2, 0) is 4.74 Å². The Bertz CT molecular complexity index is 587. The van der Waals surface area contributed by atoms with Gasteiger partial charge in [0.1, 0.15) is 5.69 Å². The summed E-state index contributed by atoms with van der Waals surface area (Å²) >= 11 is 0. The van der Waals surface area contributed by atoms with Gasteiger partial charge in [0.15, 0.2) is 11.4 Å². The standard InChI is InChI=1S/C12H14N4O2/c13-12-14-10-3-1-2-9(16(10)15-12)11(17)8-4-6-18-7-5-8/h1-3,8H,4-7H2,(H2,13,15). The van der Waals surface area contributed by atoms with Crippen molar-refractivity contribution in [2.75, 3.05) is 18.9 Å². The Labute approximate surface area is 104 Å². The van der Waals surface area contributed by atoms with E-state index >= 15 is 0 Å². The number of fused-ring (bicyclic) bond motifs is 1. The quantitative estimate of drug-likeness (QED) is 0.797. The van der Waals surface area contributed by atoms with Crippen LogP contribution in [0.15, 0.2) is 18.2 Å². The second-order valence-corrected chi connectivity index (χ2v) is 4.40. The third kappa shape index (κ3) is 1.84. The third-order valence-corrected chi connectivity index (χ3v) is 3.22. The number of nitrogens with zero attached hydrogens (tertiary/aromatic N) is 3. The number of nitrogen functional groups attached to an aromatic ring is 1. The Morgan fingerprint density at radius 3 is 2.94 bits per heavy atom. The maximum Gasteiger partial charge on any atom is 0.240 e. The summed E-state index contributed by atoms with van der Waals surface area (Å²) in [5.41, 5.74) is 6.71. The number of anilines is 1. The second kappa shape index (κ2) is 4.38. The van der Waals surface area contributed by atoms with Gasteiger partial charge in [0.05, 0.1) is 0 Å². The van der Waals surface area contributed by atoms with E-state index in [1.54, 1.807) is 18.2 Å². The van der Waals surface area contributed by atoms with E-state index in [0.29, 0.717) is 24.6 Å².